The number of carbonyl (C=O) groups is 1. The summed E-state index contributed by atoms with van der Waals surface area (Å²) < 4.78 is 1.11. The first kappa shape index (κ1) is 16.1. The second kappa shape index (κ2) is 6.25. The molecule has 0 radical (unpaired) electrons. The van der Waals surface area contributed by atoms with Gasteiger partial charge in [0.15, 0.2) is 5.13 Å². The van der Waals surface area contributed by atoms with E-state index in [1.807, 2.05) is 6.07 Å². The van der Waals surface area contributed by atoms with Gasteiger partial charge in [-0.15, -0.1) is 11.3 Å². The maximum atomic E-state index is 11.8. The summed E-state index contributed by atoms with van der Waals surface area (Å²) in [6, 6.07) is 6.27. The standard InChI is InChI=1S/C15H18BrN3OS/c1-9-6-10(4-5-12(9)16)7-11-8-18-14(21-11)19-13(20)15(2,3)17/h4-6,8H,7,17H2,1-3H3,(H,18,19,20). The monoisotopic (exact) mass is 367 g/mol. The predicted octanol–water partition coefficient (Wildman–Crippen LogP) is 3.48. The molecule has 0 unspecified atom stereocenters. The second-order valence-corrected chi connectivity index (χ2v) is 7.54. The van der Waals surface area contributed by atoms with Gasteiger partial charge in [0.2, 0.25) is 5.91 Å². The van der Waals surface area contributed by atoms with Crippen molar-refractivity contribution in [1.82, 2.24) is 4.98 Å². The molecule has 0 saturated carbocycles. The summed E-state index contributed by atoms with van der Waals surface area (Å²) >= 11 is 4.97. The van der Waals surface area contributed by atoms with Gasteiger partial charge in [0, 0.05) is 22.0 Å². The summed E-state index contributed by atoms with van der Waals surface area (Å²) in [7, 11) is 0. The summed E-state index contributed by atoms with van der Waals surface area (Å²) in [5, 5.41) is 3.33. The van der Waals surface area contributed by atoms with E-state index in [-0.39, 0.29) is 5.91 Å². The number of nitrogens with zero attached hydrogens (tertiary/aromatic N) is 1. The maximum absolute atomic E-state index is 11.8. The van der Waals surface area contributed by atoms with Gasteiger partial charge in [-0.2, -0.15) is 0 Å². The van der Waals surface area contributed by atoms with Crippen molar-refractivity contribution in [2.45, 2.75) is 32.7 Å². The average molecular weight is 368 g/mol. The molecule has 0 aliphatic carbocycles. The smallest absolute Gasteiger partial charge is 0.245 e. The van der Waals surface area contributed by atoms with Gasteiger partial charge in [-0.05, 0) is 38.0 Å². The van der Waals surface area contributed by atoms with E-state index in [4.69, 9.17) is 5.73 Å². The molecule has 0 spiro atoms. The van der Waals surface area contributed by atoms with E-state index in [0.717, 1.165) is 15.8 Å². The number of aromatic nitrogens is 1. The molecule has 0 aliphatic heterocycles. The third-order valence-corrected chi connectivity index (χ3v) is 4.76. The molecule has 0 saturated heterocycles. The Morgan fingerprint density at radius 2 is 2.19 bits per heavy atom. The lowest BCUT2D eigenvalue weighted by Gasteiger charge is -2.16. The van der Waals surface area contributed by atoms with E-state index in [9.17, 15) is 4.79 Å². The minimum atomic E-state index is -0.908. The molecule has 3 N–H and O–H groups in total. The molecule has 1 aromatic carbocycles. The first-order valence-electron chi connectivity index (χ1n) is 6.56. The number of amides is 1. The number of nitrogens with two attached hydrogens (primary N) is 1. The largest absolute Gasteiger partial charge is 0.318 e. The van der Waals surface area contributed by atoms with Gasteiger partial charge in [0.05, 0.1) is 5.54 Å². The molecular formula is C15H18BrN3OS. The van der Waals surface area contributed by atoms with Crippen molar-refractivity contribution in [3.05, 3.63) is 44.9 Å². The predicted molar refractivity (Wildman–Crippen MR) is 90.7 cm³/mol. The highest BCUT2D eigenvalue weighted by Crippen LogP contribution is 2.24. The lowest BCUT2D eigenvalue weighted by molar-refractivity contribution is -0.120. The Balaban J connectivity index is 2.06. The summed E-state index contributed by atoms with van der Waals surface area (Å²) in [4.78, 5) is 17.1. The average Bonchev–Trinajstić information content (AvgIpc) is 2.80. The number of hydrogen-bond acceptors (Lipinski definition) is 4. The number of benzene rings is 1. The topological polar surface area (TPSA) is 68.0 Å². The number of thiazole rings is 1. The van der Waals surface area contributed by atoms with E-state index >= 15 is 0 Å². The van der Waals surface area contributed by atoms with Crippen LogP contribution in [0.15, 0.2) is 28.9 Å². The Bertz CT molecular complexity index is 661. The molecule has 0 atom stereocenters. The van der Waals surface area contributed by atoms with Gasteiger partial charge < -0.3 is 11.1 Å². The zero-order chi connectivity index (χ0) is 15.6. The van der Waals surface area contributed by atoms with Crippen LogP contribution in [0.4, 0.5) is 5.13 Å². The number of hydrogen-bond donors (Lipinski definition) is 2. The Hall–Kier alpha value is -1.24. The molecule has 4 nitrogen and oxygen atoms in total. The van der Waals surface area contributed by atoms with Crippen LogP contribution in [0.3, 0.4) is 0 Å². The van der Waals surface area contributed by atoms with Crippen LogP contribution in [0.25, 0.3) is 0 Å². The summed E-state index contributed by atoms with van der Waals surface area (Å²) in [5.41, 5.74) is 7.26. The number of anilines is 1. The number of aryl methyl sites for hydroxylation is 1. The number of carbonyl (C=O) groups excluding carboxylic acids is 1. The first-order chi connectivity index (χ1) is 9.75. The molecule has 1 amide bonds. The Morgan fingerprint density at radius 3 is 2.81 bits per heavy atom. The summed E-state index contributed by atoms with van der Waals surface area (Å²) in [6.45, 7) is 5.40. The fourth-order valence-corrected chi connectivity index (χ4v) is 2.81. The SMILES string of the molecule is Cc1cc(Cc2cnc(NC(=O)C(C)(C)N)s2)ccc1Br. The lowest BCUT2D eigenvalue weighted by Crippen LogP contribution is -2.45. The van der Waals surface area contributed by atoms with Gasteiger partial charge in [-0.3, -0.25) is 4.79 Å². The number of nitrogens with one attached hydrogen (secondary N) is 1. The van der Waals surface area contributed by atoms with E-state index in [0.29, 0.717) is 5.13 Å². The van der Waals surface area contributed by atoms with Gasteiger partial charge in [0.25, 0.3) is 0 Å². The van der Waals surface area contributed by atoms with Crippen LogP contribution < -0.4 is 11.1 Å². The van der Waals surface area contributed by atoms with Gasteiger partial charge >= 0.3 is 0 Å². The third kappa shape index (κ3) is 4.36. The van der Waals surface area contributed by atoms with E-state index in [2.05, 4.69) is 45.3 Å². The van der Waals surface area contributed by atoms with E-state index < -0.39 is 5.54 Å². The third-order valence-electron chi connectivity index (χ3n) is 2.96. The van der Waals surface area contributed by atoms with Gasteiger partial charge in [-0.25, -0.2) is 4.98 Å². The van der Waals surface area contributed by atoms with Crippen molar-refractivity contribution < 1.29 is 4.79 Å². The quantitative estimate of drug-likeness (QED) is 0.868. The summed E-state index contributed by atoms with van der Waals surface area (Å²) in [6.07, 6.45) is 2.59. The molecule has 2 aromatic rings. The molecule has 6 heteroatoms. The molecule has 0 bridgehead atoms. The minimum absolute atomic E-state index is 0.233. The molecule has 112 valence electrons. The van der Waals surface area contributed by atoms with Crippen LogP contribution in [0.5, 0.6) is 0 Å². The van der Waals surface area contributed by atoms with Crippen LogP contribution in [0.2, 0.25) is 0 Å². The molecule has 21 heavy (non-hydrogen) atoms. The molecule has 2 rings (SSSR count). The van der Waals surface area contributed by atoms with Crippen molar-refractivity contribution in [3.63, 3.8) is 0 Å². The Labute approximate surface area is 136 Å². The van der Waals surface area contributed by atoms with Crippen molar-refractivity contribution in [3.8, 4) is 0 Å². The zero-order valence-electron chi connectivity index (χ0n) is 12.2. The number of rotatable bonds is 4. The van der Waals surface area contributed by atoms with Crippen LogP contribution in [-0.4, -0.2) is 16.4 Å². The summed E-state index contributed by atoms with van der Waals surface area (Å²) in [5.74, 6) is -0.233. The maximum Gasteiger partial charge on any atom is 0.245 e. The highest BCUT2D eigenvalue weighted by molar-refractivity contribution is 9.10. The number of halogens is 1. The van der Waals surface area contributed by atoms with Crippen molar-refractivity contribution in [1.29, 1.82) is 0 Å². The second-order valence-electron chi connectivity index (χ2n) is 5.57. The lowest BCUT2D eigenvalue weighted by atomic mass is 10.1. The van der Waals surface area contributed by atoms with Crippen LogP contribution in [0, 0.1) is 6.92 Å². The van der Waals surface area contributed by atoms with E-state index in [1.54, 1.807) is 20.0 Å². The van der Waals surface area contributed by atoms with Crippen molar-refractivity contribution >= 4 is 38.3 Å². The van der Waals surface area contributed by atoms with Crippen molar-refractivity contribution in [2.75, 3.05) is 5.32 Å². The highest BCUT2D eigenvalue weighted by atomic mass is 79.9. The fourth-order valence-electron chi connectivity index (χ4n) is 1.72. The van der Waals surface area contributed by atoms with Crippen LogP contribution >= 0.6 is 27.3 Å². The Kier molecular flexibility index (Phi) is 4.81. The molecular weight excluding hydrogens is 350 g/mol. The van der Waals surface area contributed by atoms with Crippen LogP contribution in [0.1, 0.15) is 29.9 Å². The van der Waals surface area contributed by atoms with Crippen LogP contribution in [-0.2, 0) is 11.2 Å². The van der Waals surface area contributed by atoms with Gasteiger partial charge in [-0.1, -0.05) is 28.1 Å². The Morgan fingerprint density at radius 1 is 1.48 bits per heavy atom. The van der Waals surface area contributed by atoms with E-state index in [1.165, 1.54) is 22.5 Å². The molecule has 1 heterocycles. The minimum Gasteiger partial charge on any atom is -0.318 e. The fraction of sp³-hybridized carbons (Fsp3) is 0.333. The first-order valence-corrected chi connectivity index (χ1v) is 8.17. The molecule has 0 aliphatic rings. The highest BCUT2D eigenvalue weighted by Gasteiger charge is 2.22. The zero-order valence-corrected chi connectivity index (χ0v) is 14.6. The van der Waals surface area contributed by atoms with Crippen molar-refractivity contribution in [2.24, 2.45) is 5.73 Å². The molecule has 0 fully saturated rings. The molecule has 1 aromatic heterocycles. The normalized spacial score (nSPS) is 11.5. The van der Waals surface area contributed by atoms with Gasteiger partial charge in [0.1, 0.15) is 0 Å².